The average molecular weight is 258 g/mol. The summed E-state index contributed by atoms with van der Waals surface area (Å²) < 4.78 is 11.0. The van der Waals surface area contributed by atoms with Crippen LogP contribution in [0.5, 0.6) is 11.5 Å². The topological polar surface area (TPSA) is 57.4 Å². The Morgan fingerprint density at radius 3 is 2.79 bits per heavy atom. The lowest BCUT2D eigenvalue weighted by atomic mass is 10.2. The Kier molecular flexibility index (Phi) is 4.36. The van der Waals surface area contributed by atoms with Crippen LogP contribution in [-0.4, -0.2) is 12.1 Å². The zero-order valence-corrected chi connectivity index (χ0v) is 11.2. The van der Waals surface area contributed by atoms with Crippen LogP contribution in [0.2, 0.25) is 0 Å². The summed E-state index contributed by atoms with van der Waals surface area (Å²) in [5.74, 6) is 1.55. The van der Waals surface area contributed by atoms with E-state index in [0.717, 1.165) is 28.5 Å². The minimum Gasteiger partial charge on any atom is -0.497 e. The van der Waals surface area contributed by atoms with Gasteiger partial charge in [-0.25, -0.2) is 0 Å². The second-order valence-electron chi connectivity index (χ2n) is 4.24. The molecule has 0 aliphatic heterocycles. The van der Waals surface area contributed by atoms with Crippen LogP contribution in [0.4, 0.5) is 0 Å². The summed E-state index contributed by atoms with van der Waals surface area (Å²) in [5.41, 5.74) is 8.44. The maximum absolute atomic E-state index is 5.77. The third kappa shape index (κ3) is 3.45. The van der Waals surface area contributed by atoms with E-state index in [2.05, 4.69) is 4.98 Å². The number of hydrogen-bond donors (Lipinski definition) is 1. The summed E-state index contributed by atoms with van der Waals surface area (Å²) in [6.07, 6.45) is 0. The Morgan fingerprint density at radius 2 is 2.05 bits per heavy atom. The number of aromatic nitrogens is 1. The van der Waals surface area contributed by atoms with Crippen molar-refractivity contribution in [2.24, 2.45) is 5.73 Å². The van der Waals surface area contributed by atoms with Crippen LogP contribution in [0.1, 0.15) is 17.0 Å². The number of hydrogen-bond acceptors (Lipinski definition) is 4. The van der Waals surface area contributed by atoms with Gasteiger partial charge in [0.1, 0.15) is 18.1 Å². The summed E-state index contributed by atoms with van der Waals surface area (Å²) in [6.45, 7) is 2.77. The average Bonchev–Trinajstić information content (AvgIpc) is 2.46. The summed E-state index contributed by atoms with van der Waals surface area (Å²) in [6, 6.07) is 11.6. The van der Waals surface area contributed by atoms with Crippen LogP contribution in [0.3, 0.4) is 0 Å². The van der Waals surface area contributed by atoms with Crippen LogP contribution in [0, 0.1) is 6.92 Å². The zero-order chi connectivity index (χ0) is 13.7. The fourth-order valence-electron chi connectivity index (χ4n) is 1.80. The second kappa shape index (κ2) is 6.20. The van der Waals surface area contributed by atoms with E-state index >= 15 is 0 Å². The minimum absolute atomic E-state index is 0.370. The summed E-state index contributed by atoms with van der Waals surface area (Å²) in [7, 11) is 1.65. The second-order valence-corrected chi connectivity index (χ2v) is 4.24. The molecule has 0 aliphatic carbocycles. The first-order chi connectivity index (χ1) is 9.22. The lowest BCUT2D eigenvalue weighted by Crippen LogP contribution is -2.05. The maximum atomic E-state index is 5.77. The largest absolute Gasteiger partial charge is 0.497 e. The summed E-state index contributed by atoms with van der Waals surface area (Å²) in [4.78, 5) is 4.36. The minimum atomic E-state index is 0.370. The van der Waals surface area contributed by atoms with Crippen molar-refractivity contribution in [1.82, 2.24) is 4.98 Å². The molecule has 0 unspecified atom stereocenters. The Morgan fingerprint density at radius 1 is 1.21 bits per heavy atom. The fourth-order valence-corrected chi connectivity index (χ4v) is 1.80. The van der Waals surface area contributed by atoms with Crippen molar-refractivity contribution in [3.05, 3.63) is 53.3 Å². The Balaban J connectivity index is 2.09. The van der Waals surface area contributed by atoms with Gasteiger partial charge in [0.05, 0.1) is 12.8 Å². The van der Waals surface area contributed by atoms with Gasteiger partial charge in [0, 0.05) is 12.2 Å². The van der Waals surface area contributed by atoms with Crippen LogP contribution in [0.25, 0.3) is 0 Å². The molecule has 0 radical (unpaired) electrons. The highest BCUT2D eigenvalue weighted by molar-refractivity contribution is 5.31. The molecule has 0 saturated carbocycles. The molecule has 0 bridgehead atoms. The van der Waals surface area contributed by atoms with E-state index in [0.29, 0.717) is 13.2 Å². The van der Waals surface area contributed by atoms with Gasteiger partial charge in [-0.1, -0.05) is 12.1 Å². The summed E-state index contributed by atoms with van der Waals surface area (Å²) in [5, 5.41) is 0. The number of ether oxygens (including phenoxy) is 2. The number of nitrogens with two attached hydrogens (primary N) is 1. The van der Waals surface area contributed by atoms with Crippen LogP contribution in [-0.2, 0) is 13.2 Å². The van der Waals surface area contributed by atoms with Crippen molar-refractivity contribution < 1.29 is 9.47 Å². The van der Waals surface area contributed by atoms with E-state index in [1.165, 1.54) is 0 Å². The molecule has 0 saturated heterocycles. The number of rotatable bonds is 5. The molecular formula is C15H18N2O2. The molecule has 0 spiro atoms. The summed E-state index contributed by atoms with van der Waals surface area (Å²) >= 11 is 0. The lowest BCUT2D eigenvalue weighted by Gasteiger charge is -2.11. The predicted molar refractivity (Wildman–Crippen MR) is 74.2 cm³/mol. The van der Waals surface area contributed by atoms with Crippen molar-refractivity contribution >= 4 is 0 Å². The molecule has 0 amide bonds. The monoisotopic (exact) mass is 258 g/mol. The van der Waals surface area contributed by atoms with Gasteiger partial charge in [-0.3, -0.25) is 4.98 Å². The van der Waals surface area contributed by atoms with Crippen molar-refractivity contribution in [1.29, 1.82) is 0 Å². The molecule has 2 aromatic rings. The molecule has 0 atom stereocenters. The molecule has 4 nitrogen and oxygen atoms in total. The Hall–Kier alpha value is -2.07. The Bertz CT molecular complexity index is 556. The molecule has 100 valence electrons. The van der Waals surface area contributed by atoms with Gasteiger partial charge in [0.25, 0.3) is 0 Å². The number of pyridine rings is 1. The van der Waals surface area contributed by atoms with Crippen LogP contribution in [0.15, 0.2) is 36.4 Å². The van der Waals surface area contributed by atoms with Gasteiger partial charge in [-0.05, 0) is 36.8 Å². The van der Waals surface area contributed by atoms with E-state index in [-0.39, 0.29) is 0 Å². The molecule has 1 aromatic carbocycles. The normalized spacial score (nSPS) is 10.3. The molecule has 1 aromatic heterocycles. The quantitative estimate of drug-likeness (QED) is 0.895. The van der Waals surface area contributed by atoms with Gasteiger partial charge in [0.2, 0.25) is 0 Å². The van der Waals surface area contributed by atoms with Crippen molar-refractivity contribution in [2.45, 2.75) is 20.1 Å². The molecule has 2 N–H and O–H groups in total. The highest BCUT2D eigenvalue weighted by Crippen LogP contribution is 2.19. The van der Waals surface area contributed by atoms with E-state index < -0.39 is 0 Å². The van der Waals surface area contributed by atoms with Crippen LogP contribution >= 0.6 is 0 Å². The zero-order valence-electron chi connectivity index (χ0n) is 11.2. The van der Waals surface area contributed by atoms with Gasteiger partial charge in [0.15, 0.2) is 0 Å². The number of methoxy groups -OCH3 is 1. The first-order valence-corrected chi connectivity index (χ1v) is 6.15. The molecule has 0 fully saturated rings. The lowest BCUT2D eigenvalue weighted by molar-refractivity contribution is 0.300. The van der Waals surface area contributed by atoms with E-state index in [1.54, 1.807) is 7.11 Å². The number of aryl methyl sites for hydroxylation is 1. The van der Waals surface area contributed by atoms with Gasteiger partial charge >= 0.3 is 0 Å². The molecule has 2 rings (SSSR count). The van der Waals surface area contributed by atoms with Crippen molar-refractivity contribution in [3.8, 4) is 11.5 Å². The maximum Gasteiger partial charge on any atom is 0.142 e. The van der Waals surface area contributed by atoms with Gasteiger partial charge in [-0.2, -0.15) is 0 Å². The fraction of sp³-hybridized carbons (Fsp3) is 0.267. The number of benzene rings is 1. The third-order valence-electron chi connectivity index (χ3n) is 2.79. The predicted octanol–water partition coefficient (Wildman–Crippen LogP) is 2.44. The van der Waals surface area contributed by atoms with E-state index in [1.807, 2.05) is 43.3 Å². The van der Waals surface area contributed by atoms with Crippen molar-refractivity contribution in [3.63, 3.8) is 0 Å². The number of nitrogens with zero attached hydrogens (tertiary/aromatic N) is 1. The first-order valence-electron chi connectivity index (χ1n) is 6.15. The van der Waals surface area contributed by atoms with Crippen LogP contribution < -0.4 is 15.2 Å². The molecule has 0 aliphatic rings. The van der Waals surface area contributed by atoms with Gasteiger partial charge < -0.3 is 15.2 Å². The highest BCUT2D eigenvalue weighted by Gasteiger charge is 2.05. The van der Waals surface area contributed by atoms with E-state index in [4.69, 9.17) is 15.2 Å². The van der Waals surface area contributed by atoms with Gasteiger partial charge in [-0.15, -0.1) is 0 Å². The molecular weight excluding hydrogens is 240 g/mol. The van der Waals surface area contributed by atoms with Crippen molar-refractivity contribution in [2.75, 3.05) is 7.11 Å². The smallest absolute Gasteiger partial charge is 0.142 e. The molecule has 4 heteroatoms. The standard InChI is InChI=1S/C15H18N2O2/c1-11-6-7-15(14(9-16)17-11)19-10-12-4-3-5-13(8-12)18-2/h3-8H,9-10,16H2,1-2H3. The third-order valence-corrected chi connectivity index (χ3v) is 2.79. The molecule has 1 heterocycles. The van der Waals surface area contributed by atoms with E-state index in [9.17, 15) is 0 Å². The molecule has 19 heavy (non-hydrogen) atoms. The SMILES string of the molecule is COc1cccc(COc2ccc(C)nc2CN)c1. The Labute approximate surface area is 113 Å². The first kappa shape index (κ1) is 13.4. The highest BCUT2D eigenvalue weighted by atomic mass is 16.5.